The molecule has 0 aliphatic heterocycles. The highest BCUT2D eigenvalue weighted by Crippen LogP contribution is 2.49. The average Bonchev–Trinajstić information content (AvgIpc) is 2.41. The van der Waals surface area contributed by atoms with Crippen LogP contribution in [0.5, 0.6) is 0 Å². The Morgan fingerprint density at radius 3 is 2.60 bits per heavy atom. The normalized spacial score (nSPS) is 26.4. The van der Waals surface area contributed by atoms with Crippen molar-refractivity contribution >= 4 is 0 Å². The maximum atomic E-state index is 12.9. The molecule has 0 aromatic heterocycles. The highest BCUT2D eigenvalue weighted by Gasteiger charge is 2.45. The van der Waals surface area contributed by atoms with Gasteiger partial charge in [-0.3, -0.25) is 0 Å². The molecule has 112 valence electrons. The quantitative estimate of drug-likeness (QED) is 0.792. The van der Waals surface area contributed by atoms with Crippen molar-refractivity contribution in [3.05, 3.63) is 35.4 Å². The number of hydrogen-bond donors (Lipinski definition) is 1. The Bertz CT molecular complexity index is 455. The van der Waals surface area contributed by atoms with Crippen LogP contribution in [-0.4, -0.2) is 13.1 Å². The van der Waals surface area contributed by atoms with E-state index in [0.29, 0.717) is 5.92 Å². The van der Waals surface area contributed by atoms with Crippen molar-refractivity contribution in [2.75, 3.05) is 13.1 Å². The minimum absolute atomic E-state index is 0.129. The van der Waals surface area contributed by atoms with E-state index in [-0.39, 0.29) is 5.41 Å². The first kappa shape index (κ1) is 15.4. The van der Waals surface area contributed by atoms with Gasteiger partial charge in [-0.2, -0.15) is 13.2 Å². The first-order valence-electron chi connectivity index (χ1n) is 7.28. The lowest BCUT2D eigenvalue weighted by Gasteiger charge is -2.49. The second-order valence-electron chi connectivity index (χ2n) is 5.85. The van der Waals surface area contributed by atoms with Crippen LogP contribution in [0, 0.1) is 5.92 Å². The zero-order valence-electron chi connectivity index (χ0n) is 12.1. The Balaban J connectivity index is 2.26. The van der Waals surface area contributed by atoms with E-state index in [0.717, 1.165) is 44.0 Å². The van der Waals surface area contributed by atoms with Crippen molar-refractivity contribution in [2.45, 2.75) is 44.7 Å². The molecular formula is C16H22F3N. The predicted molar refractivity (Wildman–Crippen MR) is 74.7 cm³/mol. The maximum Gasteiger partial charge on any atom is 0.416 e. The summed E-state index contributed by atoms with van der Waals surface area (Å²) in [7, 11) is 0. The molecule has 1 fully saturated rings. The topological polar surface area (TPSA) is 12.0 Å². The molecule has 20 heavy (non-hydrogen) atoms. The lowest BCUT2D eigenvalue weighted by atomic mass is 9.57. The minimum atomic E-state index is -4.26. The van der Waals surface area contributed by atoms with Gasteiger partial charge in [-0.1, -0.05) is 32.0 Å². The maximum absolute atomic E-state index is 12.9. The highest BCUT2D eigenvalue weighted by molar-refractivity contribution is 5.35. The molecule has 0 radical (unpaired) electrons. The van der Waals surface area contributed by atoms with Crippen LogP contribution in [0.3, 0.4) is 0 Å². The predicted octanol–water partition coefficient (Wildman–Crippen LogP) is 4.37. The van der Waals surface area contributed by atoms with Crippen LogP contribution in [0.1, 0.15) is 44.2 Å². The minimum Gasteiger partial charge on any atom is -0.316 e. The van der Waals surface area contributed by atoms with Crippen molar-refractivity contribution in [2.24, 2.45) is 5.92 Å². The van der Waals surface area contributed by atoms with Crippen LogP contribution >= 0.6 is 0 Å². The fourth-order valence-electron chi connectivity index (χ4n) is 3.07. The van der Waals surface area contributed by atoms with E-state index in [1.807, 2.05) is 6.07 Å². The van der Waals surface area contributed by atoms with Crippen molar-refractivity contribution in [3.8, 4) is 0 Å². The van der Waals surface area contributed by atoms with Crippen LogP contribution < -0.4 is 5.32 Å². The fraction of sp³-hybridized carbons (Fsp3) is 0.625. The van der Waals surface area contributed by atoms with Gasteiger partial charge in [-0.05, 0) is 43.4 Å². The molecule has 2 rings (SSSR count). The number of alkyl halides is 3. The summed E-state index contributed by atoms with van der Waals surface area (Å²) in [6.45, 7) is 5.91. The SMILES string of the molecule is CCCNCC1(c2cccc(C(F)(F)F)c2)CCC1C. The van der Waals surface area contributed by atoms with E-state index in [2.05, 4.69) is 19.2 Å². The van der Waals surface area contributed by atoms with Crippen molar-refractivity contribution in [1.29, 1.82) is 0 Å². The highest BCUT2D eigenvalue weighted by atomic mass is 19.4. The smallest absolute Gasteiger partial charge is 0.316 e. The molecule has 1 aromatic carbocycles. The van der Waals surface area contributed by atoms with Gasteiger partial charge in [0.15, 0.2) is 0 Å². The number of halogens is 3. The molecule has 2 unspecified atom stereocenters. The molecule has 4 heteroatoms. The van der Waals surface area contributed by atoms with Gasteiger partial charge in [-0.15, -0.1) is 0 Å². The third kappa shape index (κ3) is 2.85. The molecule has 0 saturated heterocycles. The Morgan fingerprint density at radius 1 is 1.35 bits per heavy atom. The molecule has 2 atom stereocenters. The van der Waals surface area contributed by atoms with Gasteiger partial charge in [0.25, 0.3) is 0 Å². The molecule has 1 aliphatic carbocycles. The molecule has 0 bridgehead atoms. The van der Waals surface area contributed by atoms with E-state index < -0.39 is 11.7 Å². The van der Waals surface area contributed by atoms with E-state index in [4.69, 9.17) is 0 Å². The summed E-state index contributed by atoms with van der Waals surface area (Å²) >= 11 is 0. The molecule has 1 saturated carbocycles. The van der Waals surface area contributed by atoms with Gasteiger partial charge in [0.2, 0.25) is 0 Å². The fourth-order valence-corrected chi connectivity index (χ4v) is 3.07. The summed E-state index contributed by atoms with van der Waals surface area (Å²) in [6, 6.07) is 5.87. The zero-order chi connectivity index (χ0) is 14.8. The standard InChI is InChI=1S/C16H22F3N/c1-3-9-20-11-15(8-7-12(15)2)13-5-4-6-14(10-13)16(17,18)19/h4-6,10,12,20H,3,7-9,11H2,1-2H3. The summed E-state index contributed by atoms with van der Waals surface area (Å²) in [5.74, 6) is 0.426. The lowest BCUT2D eigenvalue weighted by molar-refractivity contribution is -0.137. The second-order valence-corrected chi connectivity index (χ2v) is 5.85. The van der Waals surface area contributed by atoms with Gasteiger partial charge in [0.05, 0.1) is 5.56 Å². The number of rotatable bonds is 5. The van der Waals surface area contributed by atoms with Crippen molar-refractivity contribution < 1.29 is 13.2 Å². The van der Waals surface area contributed by atoms with Crippen LogP contribution in [0.25, 0.3) is 0 Å². The monoisotopic (exact) mass is 285 g/mol. The summed E-state index contributed by atoms with van der Waals surface area (Å²) in [4.78, 5) is 0. The van der Waals surface area contributed by atoms with Gasteiger partial charge in [-0.25, -0.2) is 0 Å². The van der Waals surface area contributed by atoms with Crippen LogP contribution in [0.4, 0.5) is 13.2 Å². The number of hydrogen-bond acceptors (Lipinski definition) is 1. The average molecular weight is 285 g/mol. The molecule has 1 nitrogen and oxygen atoms in total. The van der Waals surface area contributed by atoms with E-state index in [1.54, 1.807) is 0 Å². The van der Waals surface area contributed by atoms with E-state index >= 15 is 0 Å². The van der Waals surface area contributed by atoms with Crippen LogP contribution in [0.15, 0.2) is 24.3 Å². The second kappa shape index (κ2) is 5.76. The molecule has 0 amide bonds. The van der Waals surface area contributed by atoms with Gasteiger partial charge in [0, 0.05) is 12.0 Å². The molecule has 0 heterocycles. The van der Waals surface area contributed by atoms with Gasteiger partial charge >= 0.3 is 6.18 Å². The third-order valence-electron chi connectivity index (χ3n) is 4.60. The molecule has 0 spiro atoms. The van der Waals surface area contributed by atoms with Crippen molar-refractivity contribution in [3.63, 3.8) is 0 Å². The molecule has 1 aliphatic rings. The first-order chi connectivity index (χ1) is 9.40. The number of benzene rings is 1. The van der Waals surface area contributed by atoms with Gasteiger partial charge in [0.1, 0.15) is 0 Å². The lowest BCUT2D eigenvalue weighted by Crippen LogP contribution is -2.50. The summed E-state index contributed by atoms with van der Waals surface area (Å²) < 4.78 is 38.6. The molecule has 1 N–H and O–H groups in total. The zero-order valence-corrected chi connectivity index (χ0v) is 12.1. The Labute approximate surface area is 118 Å². The van der Waals surface area contributed by atoms with E-state index in [1.165, 1.54) is 12.1 Å². The third-order valence-corrected chi connectivity index (χ3v) is 4.60. The first-order valence-corrected chi connectivity index (χ1v) is 7.28. The Morgan fingerprint density at radius 2 is 2.10 bits per heavy atom. The number of nitrogens with one attached hydrogen (secondary N) is 1. The Kier molecular flexibility index (Phi) is 4.43. The van der Waals surface area contributed by atoms with Crippen molar-refractivity contribution in [1.82, 2.24) is 5.32 Å². The van der Waals surface area contributed by atoms with Crippen LogP contribution in [-0.2, 0) is 11.6 Å². The Hall–Kier alpha value is -1.03. The van der Waals surface area contributed by atoms with Gasteiger partial charge < -0.3 is 5.32 Å². The summed E-state index contributed by atoms with van der Waals surface area (Å²) in [5.41, 5.74) is 0.162. The van der Waals surface area contributed by atoms with Crippen LogP contribution in [0.2, 0.25) is 0 Å². The largest absolute Gasteiger partial charge is 0.416 e. The van der Waals surface area contributed by atoms with E-state index in [9.17, 15) is 13.2 Å². The molecular weight excluding hydrogens is 263 g/mol. The summed E-state index contributed by atoms with van der Waals surface area (Å²) in [6.07, 6.45) is -1.18. The molecule has 1 aromatic rings. The summed E-state index contributed by atoms with van der Waals surface area (Å²) in [5, 5.41) is 3.38.